The van der Waals surface area contributed by atoms with E-state index in [1.54, 1.807) is 0 Å². The van der Waals surface area contributed by atoms with Gasteiger partial charge >= 0.3 is 0 Å². The van der Waals surface area contributed by atoms with Crippen molar-refractivity contribution in [2.24, 2.45) is 0 Å². The summed E-state index contributed by atoms with van der Waals surface area (Å²) in [5.41, 5.74) is 4.99. The van der Waals surface area contributed by atoms with Gasteiger partial charge in [-0.05, 0) is 67.1 Å². The molecule has 1 aromatic carbocycles. The van der Waals surface area contributed by atoms with E-state index in [0.717, 1.165) is 55.7 Å². The summed E-state index contributed by atoms with van der Waals surface area (Å²) in [4.78, 5) is 20.1. The third-order valence-electron chi connectivity index (χ3n) is 6.28. The lowest BCUT2D eigenvalue weighted by molar-refractivity contribution is 0.0921. The molecule has 1 N–H and O–H groups in total. The van der Waals surface area contributed by atoms with Gasteiger partial charge in [-0.1, -0.05) is 38.3 Å². The van der Waals surface area contributed by atoms with E-state index in [1.165, 1.54) is 37.0 Å². The van der Waals surface area contributed by atoms with Crippen molar-refractivity contribution in [2.75, 3.05) is 13.1 Å². The minimum atomic E-state index is -0.225. The third kappa shape index (κ3) is 4.84. The van der Waals surface area contributed by atoms with Crippen LogP contribution in [-0.4, -0.2) is 34.9 Å². The van der Waals surface area contributed by atoms with Gasteiger partial charge in [0.1, 0.15) is 11.5 Å². The highest BCUT2D eigenvalue weighted by atomic mass is 19.1. The molecule has 1 saturated carbocycles. The highest BCUT2D eigenvalue weighted by molar-refractivity contribution is 5.92. The van der Waals surface area contributed by atoms with Crippen LogP contribution in [0.1, 0.15) is 71.9 Å². The number of benzene rings is 1. The van der Waals surface area contributed by atoms with E-state index >= 15 is 0 Å². The molecule has 1 amide bonds. The predicted octanol–water partition coefficient (Wildman–Crippen LogP) is 4.25. The largest absolute Gasteiger partial charge is 0.348 e. The molecule has 2 aliphatic rings. The Labute approximate surface area is 172 Å². The summed E-state index contributed by atoms with van der Waals surface area (Å²) in [6.07, 6.45) is 7.38. The second kappa shape index (κ2) is 9.04. The standard InChI is InChI=1S/C24H30FN3O/c1-2-28-13-12-21-18(14-17-8-10-19(25)11-9-17)15-22(27-23(21)16-28)24(29)26-20-6-4-3-5-7-20/h8-11,15,20H,2-7,12-14,16H2,1H3,(H,26,29). The number of carbonyl (C=O) groups is 1. The van der Waals surface area contributed by atoms with Crippen molar-refractivity contribution >= 4 is 5.91 Å². The summed E-state index contributed by atoms with van der Waals surface area (Å²) < 4.78 is 13.3. The minimum Gasteiger partial charge on any atom is -0.348 e. The Morgan fingerprint density at radius 3 is 2.69 bits per heavy atom. The van der Waals surface area contributed by atoms with Crippen LogP contribution in [0.5, 0.6) is 0 Å². The molecule has 1 aromatic heterocycles. The Kier molecular flexibility index (Phi) is 6.24. The number of halogens is 1. The number of amides is 1. The van der Waals surface area contributed by atoms with Gasteiger partial charge in [-0.3, -0.25) is 9.69 Å². The van der Waals surface area contributed by atoms with Crippen molar-refractivity contribution in [3.8, 4) is 0 Å². The highest BCUT2D eigenvalue weighted by Crippen LogP contribution is 2.25. The fourth-order valence-electron chi connectivity index (χ4n) is 4.55. The van der Waals surface area contributed by atoms with E-state index in [2.05, 4.69) is 17.1 Å². The summed E-state index contributed by atoms with van der Waals surface area (Å²) in [6, 6.07) is 8.87. The summed E-state index contributed by atoms with van der Waals surface area (Å²) in [5, 5.41) is 3.20. The molecule has 0 bridgehead atoms. The van der Waals surface area contributed by atoms with Crippen LogP contribution in [0.3, 0.4) is 0 Å². The summed E-state index contributed by atoms with van der Waals surface area (Å²) in [6.45, 7) is 4.93. The number of nitrogens with one attached hydrogen (secondary N) is 1. The first-order valence-electron chi connectivity index (χ1n) is 10.9. The molecule has 0 saturated heterocycles. The van der Waals surface area contributed by atoms with Crippen LogP contribution in [0.4, 0.5) is 4.39 Å². The Morgan fingerprint density at radius 2 is 1.97 bits per heavy atom. The fraction of sp³-hybridized carbons (Fsp3) is 0.500. The maximum absolute atomic E-state index is 13.3. The van der Waals surface area contributed by atoms with Crippen LogP contribution in [0, 0.1) is 5.82 Å². The monoisotopic (exact) mass is 395 g/mol. The van der Waals surface area contributed by atoms with Crippen LogP contribution < -0.4 is 5.32 Å². The van der Waals surface area contributed by atoms with E-state index in [-0.39, 0.29) is 17.8 Å². The summed E-state index contributed by atoms with van der Waals surface area (Å²) >= 11 is 0. The number of hydrogen-bond donors (Lipinski definition) is 1. The maximum Gasteiger partial charge on any atom is 0.270 e. The SMILES string of the molecule is CCN1CCc2c(Cc3ccc(F)cc3)cc(C(=O)NC3CCCCC3)nc2C1. The molecule has 4 nitrogen and oxygen atoms in total. The molecule has 0 atom stereocenters. The molecule has 2 aromatic rings. The van der Waals surface area contributed by atoms with Crippen LogP contribution in [0.2, 0.25) is 0 Å². The van der Waals surface area contributed by atoms with Gasteiger partial charge in [0.15, 0.2) is 0 Å². The van der Waals surface area contributed by atoms with Crippen LogP contribution in [0.25, 0.3) is 0 Å². The third-order valence-corrected chi connectivity index (χ3v) is 6.28. The van der Waals surface area contributed by atoms with Crippen molar-refractivity contribution in [2.45, 2.75) is 64.5 Å². The molecule has 0 unspecified atom stereocenters. The van der Waals surface area contributed by atoms with Gasteiger partial charge in [0.2, 0.25) is 0 Å². The highest BCUT2D eigenvalue weighted by Gasteiger charge is 2.24. The number of aromatic nitrogens is 1. The zero-order valence-corrected chi connectivity index (χ0v) is 17.2. The van der Waals surface area contributed by atoms with Crippen molar-refractivity contribution < 1.29 is 9.18 Å². The van der Waals surface area contributed by atoms with Gasteiger partial charge in [-0.2, -0.15) is 0 Å². The van der Waals surface area contributed by atoms with Crippen LogP contribution in [0.15, 0.2) is 30.3 Å². The molecule has 154 valence electrons. The van der Waals surface area contributed by atoms with Crippen molar-refractivity contribution in [1.29, 1.82) is 0 Å². The molecule has 5 heteroatoms. The van der Waals surface area contributed by atoms with Crippen LogP contribution >= 0.6 is 0 Å². The van der Waals surface area contributed by atoms with Gasteiger partial charge in [0.25, 0.3) is 5.91 Å². The molecule has 2 heterocycles. The molecule has 1 aliphatic heterocycles. The fourth-order valence-corrected chi connectivity index (χ4v) is 4.55. The minimum absolute atomic E-state index is 0.0614. The molecule has 1 fully saturated rings. The Hall–Kier alpha value is -2.27. The number of pyridine rings is 1. The first-order chi connectivity index (χ1) is 14.1. The maximum atomic E-state index is 13.3. The van der Waals surface area contributed by atoms with E-state index in [9.17, 15) is 9.18 Å². The van der Waals surface area contributed by atoms with Gasteiger partial charge in [0, 0.05) is 19.1 Å². The second-order valence-electron chi connectivity index (χ2n) is 8.32. The van der Waals surface area contributed by atoms with Crippen molar-refractivity contribution in [3.63, 3.8) is 0 Å². The predicted molar refractivity (Wildman–Crippen MR) is 112 cm³/mol. The topological polar surface area (TPSA) is 45.2 Å². The number of nitrogens with zero attached hydrogens (tertiary/aromatic N) is 2. The summed E-state index contributed by atoms with van der Waals surface area (Å²) in [7, 11) is 0. The quantitative estimate of drug-likeness (QED) is 0.823. The second-order valence-corrected chi connectivity index (χ2v) is 8.32. The molecular weight excluding hydrogens is 365 g/mol. The normalized spacial score (nSPS) is 17.7. The first kappa shape index (κ1) is 20.0. The van der Waals surface area contributed by atoms with Gasteiger partial charge in [0.05, 0.1) is 5.69 Å². The molecular formula is C24H30FN3O. The number of hydrogen-bond acceptors (Lipinski definition) is 3. The zero-order chi connectivity index (χ0) is 20.2. The van der Waals surface area contributed by atoms with Gasteiger partial charge in [-0.25, -0.2) is 9.37 Å². The average molecular weight is 396 g/mol. The zero-order valence-electron chi connectivity index (χ0n) is 17.2. The average Bonchev–Trinajstić information content (AvgIpc) is 2.75. The Bertz CT molecular complexity index is 859. The van der Waals surface area contributed by atoms with Gasteiger partial charge in [-0.15, -0.1) is 0 Å². The van der Waals surface area contributed by atoms with Gasteiger partial charge < -0.3 is 5.32 Å². The van der Waals surface area contributed by atoms with E-state index in [4.69, 9.17) is 4.98 Å². The van der Waals surface area contributed by atoms with Crippen molar-refractivity contribution in [3.05, 3.63) is 64.2 Å². The number of fused-ring (bicyclic) bond motifs is 1. The smallest absolute Gasteiger partial charge is 0.270 e. The Morgan fingerprint density at radius 1 is 1.21 bits per heavy atom. The van der Waals surface area contributed by atoms with E-state index in [0.29, 0.717) is 12.1 Å². The van der Waals surface area contributed by atoms with E-state index in [1.807, 2.05) is 18.2 Å². The lowest BCUT2D eigenvalue weighted by atomic mass is 9.93. The molecule has 0 radical (unpaired) electrons. The van der Waals surface area contributed by atoms with E-state index < -0.39 is 0 Å². The lowest BCUT2D eigenvalue weighted by Gasteiger charge is -2.29. The number of likely N-dealkylation sites (N-methyl/N-ethyl adjacent to an activating group) is 1. The Balaban J connectivity index is 1.62. The summed E-state index contributed by atoms with van der Waals surface area (Å²) in [5.74, 6) is -0.287. The molecule has 1 aliphatic carbocycles. The number of rotatable bonds is 5. The first-order valence-corrected chi connectivity index (χ1v) is 10.9. The molecule has 0 spiro atoms. The lowest BCUT2D eigenvalue weighted by Crippen LogP contribution is -2.37. The molecule has 29 heavy (non-hydrogen) atoms. The number of carbonyl (C=O) groups excluding carboxylic acids is 1. The van der Waals surface area contributed by atoms with Crippen molar-refractivity contribution in [1.82, 2.24) is 15.2 Å². The van der Waals surface area contributed by atoms with Crippen LogP contribution in [-0.2, 0) is 19.4 Å². The molecule has 4 rings (SSSR count).